The van der Waals surface area contributed by atoms with Crippen molar-refractivity contribution in [1.82, 2.24) is 9.55 Å². The maximum absolute atomic E-state index is 8.85. The average molecular weight is 336 g/mol. The number of rotatable bonds is 4. The highest BCUT2D eigenvalue weighted by Crippen LogP contribution is 2.33. The number of methoxy groups -OCH3 is 2. The van der Waals surface area contributed by atoms with Crippen LogP contribution in [0.1, 0.15) is 5.69 Å². The molecule has 2 rings (SSSR count). The quantitative estimate of drug-likeness (QED) is 0.861. The van der Waals surface area contributed by atoms with Gasteiger partial charge in [0, 0.05) is 12.6 Å². The van der Waals surface area contributed by atoms with Crippen molar-refractivity contribution < 1.29 is 9.47 Å². The highest BCUT2D eigenvalue weighted by Gasteiger charge is 2.15. The van der Waals surface area contributed by atoms with Gasteiger partial charge in [0.05, 0.1) is 32.4 Å². The zero-order valence-electron chi connectivity index (χ0n) is 11.5. The Balaban J connectivity index is 2.52. The Morgan fingerprint density at radius 1 is 1.30 bits per heavy atom. The largest absolute Gasteiger partial charge is 0.493 e. The maximum Gasteiger partial charge on any atom is 0.161 e. The minimum atomic E-state index is 0.303. The van der Waals surface area contributed by atoms with Crippen LogP contribution in [-0.2, 0) is 13.5 Å². The minimum Gasteiger partial charge on any atom is -0.493 e. The van der Waals surface area contributed by atoms with E-state index in [4.69, 9.17) is 14.7 Å². The third-order valence-corrected chi connectivity index (χ3v) is 3.69. The van der Waals surface area contributed by atoms with Crippen LogP contribution in [0.15, 0.2) is 22.8 Å². The lowest BCUT2D eigenvalue weighted by atomic mass is 10.2. The van der Waals surface area contributed by atoms with Crippen LogP contribution >= 0.6 is 15.9 Å². The number of halogens is 1. The summed E-state index contributed by atoms with van der Waals surface area (Å²) in [5.74, 6) is 2.08. The molecule has 0 N–H and O–H groups in total. The van der Waals surface area contributed by atoms with E-state index >= 15 is 0 Å². The Bertz CT molecular complexity index is 674. The molecule has 1 aromatic heterocycles. The summed E-state index contributed by atoms with van der Waals surface area (Å²) in [7, 11) is 5.08. The van der Waals surface area contributed by atoms with Gasteiger partial charge in [-0.15, -0.1) is 0 Å². The molecule has 0 amide bonds. The molecule has 104 valence electrons. The van der Waals surface area contributed by atoms with Gasteiger partial charge in [-0.25, -0.2) is 4.98 Å². The number of hydrogen-bond donors (Lipinski definition) is 0. The van der Waals surface area contributed by atoms with Crippen LogP contribution in [0, 0.1) is 11.3 Å². The Morgan fingerprint density at radius 3 is 2.60 bits per heavy atom. The van der Waals surface area contributed by atoms with E-state index in [0.717, 1.165) is 17.1 Å². The number of hydrogen-bond acceptors (Lipinski definition) is 4. The van der Waals surface area contributed by atoms with Crippen molar-refractivity contribution in [3.63, 3.8) is 0 Å². The minimum absolute atomic E-state index is 0.303. The van der Waals surface area contributed by atoms with E-state index in [-0.39, 0.29) is 0 Å². The van der Waals surface area contributed by atoms with E-state index in [0.29, 0.717) is 22.5 Å². The molecule has 0 fully saturated rings. The van der Waals surface area contributed by atoms with Gasteiger partial charge in [0.2, 0.25) is 0 Å². The number of benzene rings is 1. The van der Waals surface area contributed by atoms with Crippen LogP contribution in [0.25, 0.3) is 11.4 Å². The summed E-state index contributed by atoms with van der Waals surface area (Å²) in [5.41, 5.74) is 1.74. The van der Waals surface area contributed by atoms with Crippen LogP contribution in [0.4, 0.5) is 0 Å². The lowest BCUT2D eigenvalue weighted by Crippen LogP contribution is -1.99. The molecule has 20 heavy (non-hydrogen) atoms. The summed E-state index contributed by atoms with van der Waals surface area (Å²) in [6.07, 6.45) is 0.303. The molecular weight excluding hydrogens is 322 g/mol. The number of imidazole rings is 1. The van der Waals surface area contributed by atoms with Crippen molar-refractivity contribution in [1.29, 1.82) is 5.26 Å². The first kappa shape index (κ1) is 14.4. The Kier molecular flexibility index (Phi) is 4.30. The van der Waals surface area contributed by atoms with Gasteiger partial charge < -0.3 is 14.0 Å². The summed E-state index contributed by atoms with van der Waals surface area (Å²) < 4.78 is 13.1. The monoisotopic (exact) mass is 335 g/mol. The Labute approximate surface area is 125 Å². The molecule has 0 radical (unpaired) electrons. The van der Waals surface area contributed by atoms with Gasteiger partial charge in [-0.2, -0.15) is 5.26 Å². The smallest absolute Gasteiger partial charge is 0.161 e. The maximum atomic E-state index is 8.85. The number of ether oxygens (including phenoxy) is 2. The number of aromatic nitrogens is 2. The third-order valence-electron chi connectivity index (χ3n) is 3.05. The topological polar surface area (TPSA) is 60.1 Å². The van der Waals surface area contributed by atoms with Gasteiger partial charge >= 0.3 is 0 Å². The first-order chi connectivity index (χ1) is 9.62. The lowest BCUT2D eigenvalue weighted by molar-refractivity contribution is 0.355. The fourth-order valence-corrected chi connectivity index (χ4v) is 2.57. The van der Waals surface area contributed by atoms with Crippen LogP contribution in [0.5, 0.6) is 11.5 Å². The molecule has 0 atom stereocenters. The summed E-state index contributed by atoms with van der Waals surface area (Å²) in [6.45, 7) is 0. The van der Waals surface area contributed by atoms with E-state index in [1.165, 1.54) is 0 Å². The van der Waals surface area contributed by atoms with Crippen LogP contribution in [-0.4, -0.2) is 23.8 Å². The van der Waals surface area contributed by atoms with Crippen LogP contribution in [0.3, 0.4) is 0 Å². The predicted molar refractivity (Wildman–Crippen MR) is 78.8 cm³/mol. The zero-order chi connectivity index (χ0) is 14.7. The van der Waals surface area contributed by atoms with Gasteiger partial charge in [-0.3, -0.25) is 0 Å². The van der Waals surface area contributed by atoms with Crippen LogP contribution in [0.2, 0.25) is 0 Å². The van der Waals surface area contributed by atoms with Crippen molar-refractivity contribution in [3.8, 4) is 29.0 Å². The third kappa shape index (κ3) is 2.49. The first-order valence-corrected chi connectivity index (χ1v) is 6.72. The van der Waals surface area contributed by atoms with Crippen molar-refractivity contribution in [2.75, 3.05) is 14.2 Å². The SMILES string of the molecule is COc1ccc(-c2nc(Br)c(CC#N)n2C)cc1OC. The van der Waals surface area contributed by atoms with E-state index in [1.807, 2.05) is 29.8 Å². The number of nitrogens with zero attached hydrogens (tertiary/aromatic N) is 3. The normalized spacial score (nSPS) is 10.2. The number of nitriles is 1. The van der Waals surface area contributed by atoms with Gasteiger partial charge in [0.15, 0.2) is 11.5 Å². The standard InChI is InChI=1S/C14H14BrN3O2/c1-18-10(6-7-16)13(15)17-14(18)9-4-5-11(19-2)12(8-9)20-3/h4-5,8H,6H2,1-3H3. The predicted octanol–water partition coefficient (Wildman–Crippen LogP) is 2.93. The van der Waals surface area contributed by atoms with Crippen molar-refractivity contribution in [2.24, 2.45) is 7.05 Å². The summed E-state index contributed by atoms with van der Waals surface area (Å²) in [4.78, 5) is 4.46. The Hall–Kier alpha value is -2.00. The summed E-state index contributed by atoms with van der Waals surface area (Å²) in [5, 5.41) is 8.85. The average Bonchev–Trinajstić information content (AvgIpc) is 2.75. The second kappa shape index (κ2) is 5.97. The van der Waals surface area contributed by atoms with Crippen molar-refractivity contribution >= 4 is 15.9 Å². The van der Waals surface area contributed by atoms with Crippen molar-refractivity contribution in [2.45, 2.75) is 6.42 Å². The molecule has 2 aromatic rings. The molecular formula is C14H14BrN3O2. The molecule has 1 aromatic carbocycles. The van der Waals surface area contributed by atoms with Gasteiger partial charge in [-0.05, 0) is 34.1 Å². The Morgan fingerprint density at radius 2 is 2.00 bits per heavy atom. The van der Waals surface area contributed by atoms with Gasteiger partial charge in [0.25, 0.3) is 0 Å². The van der Waals surface area contributed by atoms with E-state index in [2.05, 4.69) is 27.0 Å². The second-order valence-electron chi connectivity index (χ2n) is 4.14. The molecule has 0 saturated carbocycles. The van der Waals surface area contributed by atoms with E-state index < -0.39 is 0 Å². The summed E-state index contributed by atoms with van der Waals surface area (Å²) >= 11 is 3.39. The highest BCUT2D eigenvalue weighted by molar-refractivity contribution is 9.10. The highest BCUT2D eigenvalue weighted by atomic mass is 79.9. The second-order valence-corrected chi connectivity index (χ2v) is 4.89. The van der Waals surface area contributed by atoms with Gasteiger partial charge in [-0.1, -0.05) is 0 Å². The zero-order valence-corrected chi connectivity index (χ0v) is 13.1. The molecule has 0 saturated heterocycles. The molecule has 5 nitrogen and oxygen atoms in total. The summed E-state index contributed by atoms with van der Waals surface area (Å²) in [6, 6.07) is 7.74. The molecule has 0 aliphatic carbocycles. The molecule has 0 aliphatic heterocycles. The van der Waals surface area contributed by atoms with Gasteiger partial charge in [0.1, 0.15) is 10.4 Å². The molecule has 6 heteroatoms. The fraction of sp³-hybridized carbons (Fsp3) is 0.286. The lowest BCUT2D eigenvalue weighted by Gasteiger charge is -2.10. The molecule has 0 spiro atoms. The van der Waals surface area contributed by atoms with E-state index in [1.54, 1.807) is 14.2 Å². The molecule has 1 heterocycles. The van der Waals surface area contributed by atoms with E-state index in [9.17, 15) is 0 Å². The molecule has 0 aliphatic rings. The first-order valence-electron chi connectivity index (χ1n) is 5.92. The van der Waals surface area contributed by atoms with Crippen LogP contribution < -0.4 is 9.47 Å². The molecule has 0 bridgehead atoms. The molecule has 0 unspecified atom stereocenters. The fourth-order valence-electron chi connectivity index (χ4n) is 2.00. The van der Waals surface area contributed by atoms with Crippen molar-refractivity contribution in [3.05, 3.63) is 28.5 Å².